The molecule has 24 heavy (non-hydrogen) atoms. The molecule has 1 aromatic rings. The van der Waals surface area contributed by atoms with Gasteiger partial charge in [0.2, 0.25) is 0 Å². The second-order valence-electron chi connectivity index (χ2n) is 7.20. The third-order valence-corrected chi connectivity index (χ3v) is 6.59. The quantitative estimate of drug-likeness (QED) is 0.453. The molecule has 2 aliphatic rings. The Morgan fingerprint density at radius 2 is 1.54 bits per heavy atom. The zero-order valence-corrected chi connectivity index (χ0v) is 15.9. The maximum Gasteiger partial charge on any atom is 0.387 e. The number of alkyl halides is 2. The Balaban J connectivity index is 1.63. The van der Waals surface area contributed by atoms with Crippen LogP contribution in [0.5, 0.6) is 5.75 Å². The van der Waals surface area contributed by atoms with Crippen molar-refractivity contribution in [1.29, 1.82) is 0 Å². The summed E-state index contributed by atoms with van der Waals surface area (Å²) in [5.41, 5.74) is 0.931. The molecule has 0 N–H and O–H groups in total. The van der Waals surface area contributed by atoms with Crippen molar-refractivity contribution in [3.05, 3.63) is 27.1 Å². The Kier molecular flexibility index (Phi) is 6.33. The van der Waals surface area contributed by atoms with Crippen LogP contribution >= 0.6 is 22.6 Å². The fraction of sp³-hybridized carbons (Fsp3) is 0.684. The van der Waals surface area contributed by atoms with Gasteiger partial charge in [-0.3, -0.25) is 0 Å². The van der Waals surface area contributed by atoms with E-state index < -0.39 is 12.4 Å². The molecule has 0 atom stereocenters. The number of hydrogen-bond acceptors (Lipinski definition) is 1. The molecule has 1 nitrogen and oxygen atoms in total. The highest BCUT2D eigenvalue weighted by Crippen LogP contribution is 2.44. The number of ether oxygens (including phenoxy) is 1. The first-order valence-electron chi connectivity index (χ1n) is 8.98. The first kappa shape index (κ1) is 18.3. The molecule has 134 valence electrons. The Labute approximate surface area is 155 Å². The summed E-state index contributed by atoms with van der Waals surface area (Å²) in [7, 11) is 0. The van der Waals surface area contributed by atoms with Crippen molar-refractivity contribution in [2.24, 2.45) is 11.8 Å². The third kappa shape index (κ3) is 4.38. The van der Waals surface area contributed by atoms with Crippen molar-refractivity contribution >= 4 is 22.6 Å². The molecule has 0 radical (unpaired) electrons. The van der Waals surface area contributed by atoms with Crippen LogP contribution in [0, 0.1) is 21.2 Å². The van der Waals surface area contributed by atoms with E-state index in [4.69, 9.17) is 0 Å². The van der Waals surface area contributed by atoms with E-state index in [1.807, 2.05) is 28.7 Å². The normalized spacial score (nSPS) is 25.9. The number of halogens is 4. The predicted molar refractivity (Wildman–Crippen MR) is 97.0 cm³/mol. The van der Waals surface area contributed by atoms with Crippen molar-refractivity contribution in [1.82, 2.24) is 0 Å². The molecule has 0 aliphatic heterocycles. The highest BCUT2D eigenvalue weighted by atomic mass is 127. The summed E-state index contributed by atoms with van der Waals surface area (Å²) in [6.45, 7) is -3.00. The third-order valence-electron chi connectivity index (χ3n) is 5.79. The largest absolute Gasteiger partial charge is 0.431 e. The molecule has 0 aromatic heterocycles. The van der Waals surface area contributed by atoms with E-state index in [1.165, 1.54) is 51.0 Å². The summed E-state index contributed by atoms with van der Waals surface area (Å²) in [5, 5.41) is 0. The lowest BCUT2D eigenvalue weighted by Crippen LogP contribution is -2.23. The summed E-state index contributed by atoms with van der Waals surface area (Å²) in [5.74, 6) is 1.05. The monoisotopic (exact) mass is 452 g/mol. The molecule has 2 saturated carbocycles. The molecule has 1 aromatic carbocycles. The highest BCUT2D eigenvalue weighted by Gasteiger charge is 2.29. The van der Waals surface area contributed by atoms with E-state index in [1.54, 1.807) is 0 Å². The number of rotatable bonds is 4. The molecule has 0 heterocycles. The summed E-state index contributed by atoms with van der Waals surface area (Å²) >= 11 is 1.88. The number of hydrogen-bond donors (Lipinski definition) is 0. The van der Waals surface area contributed by atoms with E-state index in [9.17, 15) is 13.2 Å². The maximum absolute atomic E-state index is 14.1. The second kappa shape index (κ2) is 8.28. The van der Waals surface area contributed by atoms with Crippen molar-refractivity contribution in [3.8, 4) is 5.75 Å². The lowest BCUT2D eigenvalue weighted by atomic mass is 9.70. The van der Waals surface area contributed by atoms with Gasteiger partial charge in [-0.25, -0.2) is 4.39 Å². The van der Waals surface area contributed by atoms with Crippen molar-refractivity contribution in [3.63, 3.8) is 0 Å². The average molecular weight is 452 g/mol. The van der Waals surface area contributed by atoms with E-state index in [2.05, 4.69) is 4.74 Å². The first-order valence-corrected chi connectivity index (χ1v) is 10.1. The van der Waals surface area contributed by atoms with Gasteiger partial charge in [0, 0.05) is 0 Å². The molecule has 3 rings (SSSR count). The molecule has 2 fully saturated rings. The average Bonchev–Trinajstić information content (AvgIpc) is 2.59. The van der Waals surface area contributed by atoms with Crippen LogP contribution in [0.4, 0.5) is 13.2 Å². The smallest absolute Gasteiger partial charge is 0.387 e. The van der Waals surface area contributed by atoms with Crippen molar-refractivity contribution in [2.75, 3.05) is 0 Å². The zero-order chi connectivity index (χ0) is 17.1. The van der Waals surface area contributed by atoms with Gasteiger partial charge in [0.25, 0.3) is 0 Å². The Hall–Kier alpha value is -0.460. The van der Waals surface area contributed by atoms with Gasteiger partial charge in [-0.1, -0.05) is 32.1 Å². The van der Waals surface area contributed by atoms with Gasteiger partial charge in [0.05, 0.1) is 3.57 Å². The van der Waals surface area contributed by atoms with Gasteiger partial charge < -0.3 is 4.74 Å². The van der Waals surface area contributed by atoms with Crippen LogP contribution in [0.1, 0.15) is 69.3 Å². The standard InChI is InChI=1S/C19H24F3IO/c20-16-10-15(11-17(23)18(16)24-19(21)22)14-8-6-13(7-9-14)12-4-2-1-3-5-12/h10-14,19H,1-9H2. The second-order valence-corrected chi connectivity index (χ2v) is 8.36. The summed E-state index contributed by atoms with van der Waals surface area (Å²) < 4.78 is 43.6. The predicted octanol–water partition coefficient (Wildman–Crippen LogP) is 6.89. The molecular formula is C19H24F3IO. The Morgan fingerprint density at radius 3 is 2.12 bits per heavy atom. The summed E-state index contributed by atoms with van der Waals surface area (Å²) in [6.07, 6.45) is 11.5. The summed E-state index contributed by atoms with van der Waals surface area (Å²) in [6, 6.07) is 3.21. The van der Waals surface area contributed by atoms with Crippen LogP contribution in [0.25, 0.3) is 0 Å². The summed E-state index contributed by atoms with van der Waals surface area (Å²) in [4.78, 5) is 0. The van der Waals surface area contributed by atoms with Gasteiger partial charge >= 0.3 is 6.61 Å². The molecule has 0 unspecified atom stereocenters. The molecule has 0 saturated heterocycles. The van der Waals surface area contributed by atoms with Crippen LogP contribution in [-0.4, -0.2) is 6.61 Å². The van der Waals surface area contributed by atoms with Gasteiger partial charge in [0.15, 0.2) is 11.6 Å². The van der Waals surface area contributed by atoms with Crippen molar-refractivity contribution in [2.45, 2.75) is 70.3 Å². The zero-order valence-electron chi connectivity index (χ0n) is 13.7. The SMILES string of the molecule is Fc1cc(C2CCC(C3CCCCC3)CC2)cc(I)c1OC(F)F. The lowest BCUT2D eigenvalue weighted by molar-refractivity contribution is -0.0528. The maximum atomic E-state index is 14.1. The highest BCUT2D eigenvalue weighted by molar-refractivity contribution is 14.1. The Bertz CT molecular complexity index is 527. The van der Waals surface area contributed by atoms with Gasteiger partial charge in [-0.05, 0) is 83.7 Å². The first-order chi connectivity index (χ1) is 11.5. The Morgan fingerprint density at radius 1 is 0.917 bits per heavy atom. The van der Waals surface area contributed by atoms with E-state index in [0.29, 0.717) is 9.49 Å². The van der Waals surface area contributed by atoms with E-state index in [0.717, 1.165) is 30.2 Å². The molecule has 0 amide bonds. The van der Waals surface area contributed by atoms with Crippen LogP contribution in [0.2, 0.25) is 0 Å². The minimum Gasteiger partial charge on any atom is -0.431 e. The van der Waals surface area contributed by atoms with Crippen LogP contribution in [0.3, 0.4) is 0 Å². The minimum absolute atomic E-state index is 0.328. The van der Waals surface area contributed by atoms with Gasteiger partial charge in [-0.15, -0.1) is 0 Å². The fourth-order valence-corrected chi connectivity index (χ4v) is 5.29. The molecule has 0 spiro atoms. The topological polar surface area (TPSA) is 9.23 Å². The van der Waals surface area contributed by atoms with Crippen LogP contribution in [0.15, 0.2) is 12.1 Å². The lowest BCUT2D eigenvalue weighted by Gasteiger charge is -2.36. The minimum atomic E-state index is -3.00. The van der Waals surface area contributed by atoms with E-state index in [-0.39, 0.29) is 5.75 Å². The molecule has 0 bridgehead atoms. The molecule has 5 heteroatoms. The molecular weight excluding hydrogens is 428 g/mol. The molecule has 2 aliphatic carbocycles. The van der Waals surface area contributed by atoms with Crippen LogP contribution in [-0.2, 0) is 0 Å². The van der Waals surface area contributed by atoms with Gasteiger partial charge in [0.1, 0.15) is 0 Å². The van der Waals surface area contributed by atoms with E-state index >= 15 is 0 Å². The fourth-order valence-electron chi connectivity index (χ4n) is 4.55. The van der Waals surface area contributed by atoms with Gasteiger partial charge in [-0.2, -0.15) is 8.78 Å². The van der Waals surface area contributed by atoms with Crippen molar-refractivity contribution < 1.29 is 17.9 Å². The van der Waals surface area contributed by atoms with Crippen LogP contribution < -0.4 is 4.74 Å². The number of benzene rings is 1.